The summed E-state index contributed by atoms with van der Waals surface area (Å²) in [6, 6.07) is 4.08. The number of carbonyl (C=O) groups excluding carboxylic acids is 2. The van der Waals surface area contributed by atoms with Gasteiger partial charge in [-0.1, -0.05) is 6.08 Å². The Kier molecular flexibility index (Phi) is 5.08. The number of anilines is 1. The number of aryl methyl sites for hydroxylation is 2. The first-order valence-electron chi connectivity index (χ1n) is 8.69. The molecule has 2 N–H and O–H groups in total. The van der Waals surface area contributed by atoms with Gasteiger partial charge >= 0.3 is 6.09 Å². The van der Waals surface area contributed by atoms with Gasteiger partial charge in [0.1, 0.15) is 6.10 Å². The van der Waals surface area contributed by atoms with Gasteiger partial charge in [-0.25, -0.2) is 4.79 Å². The van der Waals surface area contributed by atoms with Crippen LogP contribution in [0.25, 0.3) is 5.57 Å². The zero-order chi connectivity index (χ0) is 18.0. The van der Waals surface area contributed by atoms with Gasteiger partial charge in [0.05, 0.1) is 13.1 Å². The number of hydrogen-bond donors (Lipinski definition) is 2. The predicted octanol–water partition coefficient (Wildman–Crippen LogP) is 2.14. The normalized spacial score (nSPS) is 20.3. The Morgan fingerprint density at radius 3 is 2.68 bits per heavy atom. The van der Waals surface area contributed by atoms with Crippen molar-refractivity contribution in [3.8, 4) is 0 Å². The summed E-state index contributed by atoms with van der Waals surface area (Å²) in [5.74, 6) is -0.125. The summed E-state index contributed by atoms with van der Waals surface area (Å²) in [7, 11) is 0. The average Bonchev–Trinajstić information content (AvgIpc) is 2.94. The molecule has 1 unspecified atom stereocenters. The summed E-state index contributed by atoms with van der Waals surface area (Å²) in [6.45, 7) is 8.30. The van der Waals surface area contributed by atoms with Crippen molar-refractivity contribution >= 4 is 23.3 Å². The van der Waals surface area contributed by atoms with E-state index in [-0.39, 0.29) is 18.1 Å². The first kappa shape index (κ1) is 17.5. The van der Waals surface area contributed by atoms with Gasteiger partial charge in [0.25, 0.3) is 0 Å². The topological polar surface area (TPSA) is 70.7 Å². The number of hydrogen-bond acceptors (Lipinski definition) is 4. The van der Waals surface area contributed by atoms with Crippen molar-refractivity contribution in [3.05, 3.63) is 34.9 Å². The van der Waals surface area contributed by atoms with E-state index < -0.39 is 0 Å². The molecule has 1 saturated heterocycles. The Morgan fingerprint density at radius 1 is 1.36 bits per heavy atom. The number of cyclic esters (lactones) is 1. The number of rotatable bonds is 4. The van der Waals surface area contributed by atoms with Gasteiger partial charge in [0.15, 0.2) is 0 Å². The second-order valence-electron chi connectivity index (χ2n) is 6.70. The van der Waals surface area contributed by atoms with E-state index in [2.05, 4.69) is 30.6 Å². The molecule has 0 radical (unpaired) electrons. The molecule has 6 nitrogen and oxygen atoms in total. The molecule has 0 aliphatic carbocycles. The van der Waals surface area contributed by atoms with Crippen LogP contribution < -0.4 is 15.5 Å². The van der Waals surface area contributed by atoms with Crippen molar-refractivity contribution in [2.24, 2.45) is 0 Å². The lowest BCUT2D eigenvalue weighted by molar-refractivity contribution is -0.119. The first-order valence-corrected chi connectivity index (χ1v) is 8.69. The highest BCUT2D eigenvalue weighted by atomic mass is 16.6. The second-order valence-corrected chi connectivity index (χ2v) is 6.70. The molecule has 0 saturated carbocycles. The maximum Gasteiger partial charge on any atom is 0.414 e. The van der Waals surface area contributed by atoms with E-state index in [4.69, 9.17) is 4.74 Å². The monoisotopic (exact) mass is 343 g/mol. The highest BCUT2D eigenvalue weighted by Gasteiger charge is 2.32. The van der Waals surface area contributed by atoms with E-state index in [0.29, 0.717) is 13.1 Å². The van der Waals surface area contributed by atoms with E-state index in [0.717, 1.165) is 36.3 Å². The van der Waals surface area contributed by atoms with E-state index in [1.54, 1.807) is 4.90 Å². The van der Waals surface area contributed by atoms with Crippen LogP contribution in [0.4, 0.5) is 10.5 Å². The molecule has 2 aliphatic heterocycles. The third-order valence-electron chi connectivity index (χ3n) is 4.63. The Balaban J connectivity index is 1.80. The van der Waals surface area contributed by atoms with Crippen LogP contribution in [0.15, 0.2) is 18.2 Å². The second kappa shape index (κ2) is 7.27. The molecule has 2 amide bonds. The molecule has 25 heavy (non-hydrogen) atoms. The van der Waals surface area contributed by atoms with Gasteiger partial charge in [-0.05, 0) is 61.2 Å². The van der Waals surface area contributed by atoms with Gasteiger partial charge in [-0.3, -0.25) is 9.69 Å². The van der Waals surface area contributed by atoms with E-state index >= 15 is 0 Å². The van der Waals surface area contributed by atoms with Crippen molar-refractivity contribution in [2.45, 2.75) is 33.3 Å². The molecule has 6 heteroatoms. The molecule has 134 valence electrons. The van der Waals surface area contributed by atoms with Crippen molar-refractivity contribution in [1.29, 1.82) is 0 Å². The largest absolute Gasteiger partial charge is 0.442 e. The Morgan fingerprint density at radius 2 is 2.08 bits per heavy atom. The van der Waals surface area contributed by atoms with Gasteiger partial charge in [-0.15, -0.1) is 0 Å². The molecule has 2 aliphatic rings. The summed E-state index contributed by atoms with van der Waals surface area (Å²) in [5.41, 5.74) is 5.74. The summed E-state index contributed by atoms with van der Waals surface area (Å²) >= 11 is 0. The van der Waals surface area contributed by atoms with Crippen LogP contribution in [0, 0.1) is 13.8 Å². The van der Waals surface area contributed by atoms with Crippen LogP contribution in [0.3, 0.4) is 0 Å². The number of benzene rings is 1. The standard InChI is InChI=1S/C19H25N3O3/c1-12-7-16(8-13(2)18(12)15-5-4-6-20-9-15)22-11-17(25-19(22)24)10-21-14(3)23/h5,7-8,17,20H,4,6,9-11H2,1-3H3,(H,21,23). The Hall–Kier alpha value is -2.34. The van der Waals surface area contributed by atoms with Crippen LogP contribution in [0.2, 0.25) is 0 Å². The molecular weight excluding hydrogens is 318 g/mol. The lowest BCUT2D eigenvalue weighted by atomic mass is 9.92. The minimum atomic E-state index is -0.361. The molecule has 1 aromatic carbocycles. The fourth-order valence-corrected chi connectivity index (χ4v) is 3.53. The molecule has 3 rings (SSSR count). The fourth-order valence-electron chi connectivity index (χ4n) is 3.53. The smallest absolute Gasteiger partial charge is 0.414 e. The molecule has 1 fully saturated rings. The first-order chi connectivity index (χ1) is 12.0. The zero-order valence-corrected chi connectivity index (χ0v) is 15.0. The van der Waals surface area contributed by atoms with Gasteiger partial charge in [0, 0.05) is 19.2 Å². The maximum atomic E-state index is 12.2. The van der Waals surface area contributed by atoms with Crippen molar-refractivity contribution < 1.29 is 14.3 Å². The van der Waals surface area contributed by atoms with Gasteiger partial charge in [0.2, 0.25) is 5.91 Å². The molecule has 0 aromatic heterocycles. The summed E-state index contributed by atoms with van der Waals surface area (Å²) in [4.78, 5) is 24.9. The van der Waals surface area contributed by atoms with Crippen LogP contribution in [-0.4, -0.2) is 44.3 Å². The number of amides is 2. The third kappa shape index (κ3) is 3.85. The lowest BCUT2D eigenvalue weighted by Crippen LogP contribution is -2.33. The van der Waals surface area contributed by atoms with Crippen LogP contribution in [-0.2, 0) is 9.53 Å². The average molecular weight is 343 g/mol. The van der Waals surface area contributed by atoms with Crippen molar-refractivity contribution in [1.82, 2.24) is 10.6 Å². The fraction of sp³-hybridized carbons (Fsp3) is 0.474. The van der Waals surface area contributed by atoms with E-state index in [9.17, 15) is 9.59 Å². The minimum absolute atomic E-state index is 0.125. The summed E-state index contributed by atoms with van der Waals surface area (Å²) in [6.07, 6.45) is 2.65. The molecule has 0 bridgehead atoms. The van der Waals surface area contributed by atoms with Gasteiger partial charge < -0.3 is 15.4 Å². The van der Waals surface area contributed by atoms with Crippen molar-refractivity contribution in [3.63, 3.8) is 0 Å². The minimum Gasteiger partial charge on any atom is -0.442 e. The van der Waals surface area contributed by atoms with Crippen molar-refractivity contribution in [2.75, 3.05) is 31.1 Å². The SMILES string of the molecule is CC(=O)NCC1CN(c2cc(C)c(C3=CCCNC3)c(C)c2)C(=O)O1. The van der Waals surface area contributed by atoms with Gasteiger partial charge in [-0.2, -0.15) is 0 Å². The van der Waals surface area contributed by atoms with Crippen LogP contribution in [0.5, 0.6) is 0 Å². The third-order valence-corrected chi connectivity index (χ3v) is 4.63. The molecular formula is C19H25N3O3. The predicted molar refractivity (Wildman–Crippen MR) is 97.7 cm³/mol. The number of carbonyl (C=O) groups is 2. The molecule has 1 aromatic rings. The highest BCUT2D eigenvalue weighted by molar-refractivity contribution is 5.91. The van der Waals surface area contributed by atoms with Crippen LogP contribution in [0.1, 0.15) is 30.0 Å². The number of ether oxygens (including phenoxy) is 1. The summed E-state index contributed by atoms with van der Waals surface area (Å²) < 4.78 is 5.36. The quantitative estimate of drug-likeness (QED) is 0.879. The summed E-state index contributed by atoms with van der Waals surface area (Å²) in [5, 5.41) is 6.10. The number of nitrogens with one attached hydrogen (secondary N) is 2. The van der Waals surface area contributed by atoms with Crippen LogP contribution >= 0.6 is 0 Å². The highest BCUT2D eigenvalue weighted by Crippen LogP contribution is 2.31. The zero-order valence-electron chi connectivity index (χ0n) is 15.0. The molecule has 1 atom stereocenters. The molecule has 2 heterocycles. The van der Waals surface area contributed by atoms with E-state index in [1.807, 2.05) is 12.1 Å². The van der Waals surface area contributed by atoms with E-state index in [1.165, 1.54) is 18.1 Å². The molecule has 0 spiro atoms. The Bertz CT molecular complexity index is 704. The maximum absolute atomic E-state index is 12.2. The Labute approximate surface area is 148 Å². The lowest BCUT2D eigenvalue weighted by Gasteiger charge is -2.21. The number of nitrogens with zero attached hydrogens (tertiary/aromatic N) is 1.